The van der Waals surface area contributed by atoms with Crippen molar-refractivity contribution >= 4 is 5.78 Å². The summed E-state index contributed by atoms with van der Waals surface area (Å²) in [6.45, 7) is 6.77. The van der Waals surface area contributed by atoms with Crippen molar-refractivity contribution in [3.05, 3.63) is 80.0 Å². The van der Waals surface area contributed by atoms with Crippen molar-refractivity contribution in [2.45, 2.75) is 34.2 Å². The van der Waals surface area contributed by atoms with Crippen LogP contribution in [0.25, 0.3) is 0 Å². The largest absolute Gasteiger partial charge is 0.494 e. The number of Topliss-reactive ketones (excluding diaryl/α,β-unsaturated/α-hetero) is 1. The van der Waals surface area contributed by atoms with E-state index in [0.29, 0.717) is 11.5 Å². The summed E-state index contributed by atoms with van der Waals surface area (Å²) in [5.74, 6) is -0.0517. The Balaban J connectivity index is 1.99. The first-order valence-electron chi connectivity index (χ1n) is 9.37. The minimum atomic E-state index is -0.688. The highest BCUT2D eigenvalue weighted by molar-refractivity contribution is 6.01. The molecule has 2 aromatic heterocycles. The molecule has 0 aliphatic heterocycles. The number of furan rings is 1. The van der Waals surface area contributed by atoms with E-state index in [1.54, 1.807) is 12.1 Å². The molecule has 1 N–H and O–H groups in total. The van der Waals surface area contributed by atoms with Gasteiger partial charge in [0.15, 0.2) is 6.61 Å². The van der Waals surface area contributed by atoms with E-state index in [9.17, 15) is 20.0 Å². The van der Waals surface area contributed by atoms with E-state index >= 15 is 0 Å². The van der Waals surface area contributed by atoms with Crippen LogP contribution in [0.2, 0.25) is 0 Å². The predicted molar refractivity (Wildman–Crippen MR) is 110 cm³/mol. The van der Waals surface area contributed by atoms with Crippen LogP contribution in [0.3, 0.4) is 0 Å². The van der Waals surface area contributed by atoms with Gasteiger partial charge in [-0.25, -0.2) is 0 Å². The first-order valence-corrected chi connectivity index (χ1v) is 9.37. The SMILES string of the molecule is Cc1cc(C)c(OCC(=O)c2c(C)c(C#N)c(=O)n(Cc3ccco3)c2O)c(C)c1. The average molecular weight is 406 g/mol. The molecule has 3 rings (SSSR count). The van der Waals surface area contributed by atoms with E-state index in [0.717, 1.165) is 21.3 Å². The molecule has 7 nitrogen and oxygen atoms in total. The molecule has 0 atom stereocenters. The van der Waals surface area contributed by atoms with Gasteiger partial charge >= 0.3 is 0 Å². The lowest BCUT2D eigenvalue weighted by Gasteiger charge is -2.16. The zero-order valence-corrected chi connectivity index (χ0v) is 17.3. The standard InChI is InChI=1S/C23H22N2O5/c1-13-8-14(2)21(15(3)9-13)30-12-19(26)20-16(4)18(10-24)22(27)25(23(20)28)11-17-6-5-7-29-17/h5-9,28H,11-12H2,1-4H3. The van der Waals surface area contributed by atoms with E-state index < -0.39 is 17.2 Å². The van der Waals surface area contributed by atoms with E-state index in [1.165, 1.54) is 13.2 Å². The van der Waals surface area contributed by atoms with Gasteiger partial charge in [0, 0.05) is 0 Å². The molecule has 0 radical (unpaired) electrons. The molecule has 0 saturated carbocycles. The third kappa shape index (κ3) is 3.85. The Labute approximate surface area is 173 Å². The Bertz CT molecular complexity index is 1190. The maximum Gasteiger partial charge on any atom is 0.271 e. The number of carbonyl (C=O) groups excluding carboxylic acids is 1. The highest BCUT2D eigenvalue weighted by atomic mass is 16.5. The monoisotopic (exact) mass is 406 g/mol. The summed E-state index contributed by atoms with van der Waals surface area (Å²) < 4.78 is 11.9. The van der Waals surface area contributed by atoms with E-state index in [-0.39, 0.29) is 29.8 Å². The van der Waals surface area contributed by atoms with Gasteiger partial charge in [-0.15, -0.1) is 0 Å². The number of aryl methyl sites for hydroxylation is 3. The minimum Gasteiger partial charge on any atom is -0.494 e. The van der Waals surface area contributed by atoms with Gasteiger partial charge in [0.05, 0.1) is 18.4 Å². The van der Waals surface area contributed by atoms with E-state index in [1.807, 2.05) is 39.0 Å². The molecule has 2 heterocycles. The second-order valence-electron chi connectivity index (χ2n) is 7.22. The lowest BCUT2D eigenvalue weighted by Crippen LogP contribution is -2.28. The van der Waals surface area contributed by atoms with Crippen LogP contribution < -0.4 is 10.3 Å². The number of nitriles is 1. The van der Waals surface area contributed by atoms with Crippen LogP contribution in [0.4, 0.5) is 0 Å². The van der Waals surface area contributed by atoms with Gasteiger partial charge in [-0.3, -0.25) is 14.2 Å². The zero-order chi connectivity index (χ0) is 22.0. The Morgan fingerprint density at radius 1 is 1.23 bits per heavy atom. The van der Waals surface area contributed by atoms with Gasteiger partial charge in [-0.1, -0.05) is 17.7 Å². The van der Waals surface area contributed by atoms with Crippen LogP contribution in [0.1, 0.15) is 43.9 Å². The van der Waals surface area contributed by atoms with Crippen LogP contribution in [0, 0.1) is 39.0 Å². The van der Waals surface area contributed by atoms with Gasteiger partial charge in [0.25, 0.3) is 5.56 Å². The van der Waals surface area contributed by atoms with E-state index in [4.69, 9.17) is 9.15 Å². The maximum atomic E-state index is 13.0. The number of hydrogen-bond acceptors (Lipinski definition) is 6. The molecule has 30 heavy (non-hydrogen) atoms. The van der Waals surface area contributed by atoms with Crippen molar-refractivity contribution in [1.29, 1.82) is 5.26 Å². The average Bonchev–Trinajstić information content (AvgIpc) is 3.18. The molecule has 0 amide bonds. The first-order chi connectivity index (χ1) is 14.2. The number of carbonyl (C=O) groups is 1. The van der Waals surface area contributed by atoms with Gasteiger partial charge in [-0.05, 0) is 56.5 Å². The molecule has 0 aliphatic carbocycles. The van der Waals surface area contributed by atoms with Crippen molar-refractivity contribution in [3.8, 4) is 17.7 Å². The molecule has 0 aliphatic rings. The van der Waals surface area contributed by atoms with Gasteiger partial charge in [0.2, 0.25) is 11.7 Å². The topological polar surface area (TPSA) is 105 Å². The summed E-state index contributed by atoms with van der Waals surface area (Å²) in [7, 11) is 0. The fraction of sp³-hybridized carbons (Fsp3) is 0.261. The highest BCUT2D eigenvalue weighted by Gasteiger charge is 2.25. The molecule has 3 aromatic rings. The number of ether oxygens (including phenoxy) is 1. The number of aromatic hydroxyl groups is 1. The number of aromatic nitrogens is 1. The minimum absolute atomic E-state index is 0.107. The number of pyridine rings is 1. The van der Waals surface area contributed by atoms with Gasteiger partial charge < -0.3 is 14.3 Å². The van der Waals surface area contributed by atoms with Crippen molar-refractivity contribution < 1.29 is 19.1 Å². The maximum absolute atomic E-state index is 13.0. The number of hydrogen-bond donors (Lipinski definition) is 1. The molecule has 0 unspecified atom stereocenters. The first kappa shape index (κ1) is 20.9. The van der Waals surface area contributed by atoms with Gasteiger partial charge in [-0.2, -0.15) is 5.26 Å². The highest BCUT2D eigenvalue weighted by Crippen LogP contribution is 2.27. The van der Waals surface area contributed by atoms with E-state index in [2.05, 4.69) is 0 Å². The quantitative estimate of drug-likeness (QED) is 0.628. The smallest absolute Gasteiger partial charge is 0.271 e. The fourth-order valence-corrected chi connectivity index (χ4v) is 3.59. The number of nitrogens with zero attached hydrogens (tertiary/aromatic N) is 2. The van der Waals surface area contributed by atoms with Crippen LogP contribution in [0.15, 0.2) is 39.7 Å². The predicted octanol–water partition coefficient (Wildman–Crippen LogP) is 3.56. The Morgan fingerprint density at radius 2 is 1.90 bits per heavy atom. The molecule has 0 bridgehead atoms. The van der Waals surface area contributed by atoms with Crippen molar-refractivity contribution in [2.75, 3.05) is 6.61 Å². The van der Waals surface area contributed by atoms with Crippen molar-refractivity contribution in [1.82, 2.24) is 4.57 Å². The summed E-state index contributed by atoms with van der Waals surface area (Å²) in [6.07, 6.45) is 1.43. The molecule has 154 valence electrons. The number of ketones is 1. The summed E-state index contributed by atoms with van der Waals surface area (Å²) in [6, 6.07) is 9.01. The van der Waals surface area contributed by atoms with Gasteiger partial charge in [0.1, 0.15) is 23.1 Å². The van der Waals surface area contributed by atoms with Crippen LogP contribution >= 0.6 is 0 Å². The summed E-state index contributed by atoms with van der Waals surface area (Å²) in [5.41, 5.74) is 1.99. The second kappa shape index (κ2) is 8.29. The molecule has 0 spiro atoms. The lowest BCUT2D eigenvalue weighted by molar-refractivity contribution is 0.0915. The number of rotatable bonds is 6. The second-order valence-corrected chi connectivity index (χ2v) is 7.22. The molecular formula is C23H22N2O5. The van der Waals surface area contributed by atoms with Crippen molar-refractivity contribution in [3.63, 3.8) is 0 Å². The Hall–Kier alpha value is -3.79. The molecule has 1 aromatic carbocycles. The molecule has 0 fully saturated rings. The normalized spacial score (nSPS) is 10.6. The third-order valence-electron chi connectivity index (χ3n) is 4.93. The molecule has 7 heteroatoms. The number of benzene rings is 1. The molecular weight excluding hydrogens is 384 g/mol. The Morgan fingerprint density at radius 3 is 2.47 bits per heavy atom. The van der Waals surface area contributed by atoms with Crippen molar-refractivity contribution in [2.24, 2.45) is 0 Å². The summed E-state index contributed by atoms with van der Waals surface area (Å²) in [5, 5.41) is 20.2. The van der Waals surface area contributed by atoms with Crippen LogP contribution in [0.5, 0.6) is 11.6 Å². The Kier molecular flexibility index (Phi) is 5.79. The fourth-order valence-electron chi connectivity index (χ4n) is 3.59. The summed E-state index contributed by atoms with van der Waals surface area (Å²) in [4.78, 5) is 25.6. The van der Waals surface area contributed by atoms with Crippen LogP contribution in [-0.2, 0) is 6.54 Å². The molecule has 0 saturated heterocycles. The van der Waals surface area contributed by atoms with Crippen LogP contribution in [-0.4, -0.2) is 22.1 Å². The lowest BCUT2D eigenvalue weighted by atomic mass is 10.0. The zero-order valence-electron chi connectivity index (χ0n) is 17.3. The summed E-state index contributed by atoms with van der Waals surface area (Å²) >= 11 is 0. The third-order valence-corrected chi connectivity index (χ3v) is 4.93.